The molecular weight excluding hydrogens is 380 g/mol. The Morgan fingerprint density at radius 3 is 2.34 bits per heavy atom. The molecule has 0 saturated heterocycles. The van der Waals surface area contributed by atoms with E-state index in [-0.39, 0.29) is 30.5 Å². The molecule has 158 valence electrons. The summed E-state index contributed by atoms with van der Waals surface area (Å²) < 4.78 is 4.95. The van der Waals surface area contributed by atoms with E-state index in [9.17, 15) is 29.6 Å². The molecule has 0 spiro atoms. The summed E-state index contributed by atoms with van der Waals surface area (Å²) in [7, 11) is 0. The molecule has 0 aromatic heterocycles. The van der Waals surface area contributed by atoms with Crippen molar-refractivity contribution in [3.05, 3.63) is 39.9 Å². The summed E-state index contributed by atoms with van der Waals surface area (Å²) in [6, 6.07) is 3.95. The van der Waals surface area contributed by atoms with Crippen molar-refractivity contribution in [1.29, 1.82) is 0 Å². The average molecular weight is 406 g/mol. The number of carboxylic acids is 1. The van der Waals surface area contributed by atoms with Gasteiger partial charge in [-0.2, -0.15) is 0 Å². The highest BCUT2D eigenvalue weighted by atomic mass is 16.6. The van der Waals surface area contributed by atoms with Gasteiger partial charge in [-0.3, -0.25) is 19.7 Å². The van der Waals surface area contributed by atoms with Crippen LogP contribution in [0.2, 0.25) is 0 Å². The van der Waals surface area contributed by atoms with Crippen LogP contribution in [0, 0.1) is 16.0 Å². The third-order valence-corrected chi connectivity index (χ3v) is 5.17. The number of amides is 1. The molecule has 0 bridgehead atoms. The van der Waals surface area contributed by atoms with Crippen LogP contribution in [0.15, 0.2) is 24.3 Å². The van der Waals surface area contributed by atoms with Crippen LogP contribution in [0.25, 0.3) is 0 Å². The lowest BCUT2D eigenvalue weighted by Crippen LogP contribution is -2.48. The predicted octanol–water partition coefficient (Wildman–Crippen LogP) is 2.78. The van der Waals surface area contributed by atoms with E-state index in [4.69, 9.17) is 4.74 Å². The summed E-state index contributed by atoms with van der Waals surface area (Å²) in [4.78, 5) is 47.0. The first kappa shape index (κ1) is 22.3. The van der Waals surface area contributed by atoms with E-state index in [1.165, 1.54) is 24.3 Å². The highest BCUT2D eigenvalue weighted by Gasteiger charge is 2.35. The number of non-ortho nitro benzene ring substituents is 1. The fourth-order valence-corrected chi connectivity index (χ4v) is 3.64. The summed E-state index contributed by atoms with van der Waals surface area (Å²) in [6.07, 6.45) is 4.04. The number of ether oxygens (including phenoxy) is 1. The molecule has 0 radical (unpaired) electrons. The van der Waals surface area contributed by atoms with Crippen LogP contribution in [0.5, 0.6) is 0 Å². The number of esters is 1. The Labute approximate surface area is 168 Å². The molecule has 9 nitrogen and oxygen atoms in total. The molecule has 0 heterocycles. The van der Waals surface area contributed by atoms with Gasteiger partial charge in [0.1, 0.15) is 6.04 Å². The minimum atomic E-state index is -1.35. The van der Waals surface area contributed by atoms with Gasteiger partial charge in [0.15, 0.2) is 0 Å². The van der Waals surface area contributed by atoms with Gasteiger partial charge in [0.05, 0.1) is 18.0 Å². The Hall–Kier alpha value is -2.97. The van der Waals surface area contributed by atoms with E-state index in [0.29, 0.717) is 18.4 Å². The van der Waals surface area contributed by atoms with Crippen LogP contribution >= 0.6 is 0 Å². The molecule has 1 aromatic rings. The first-order chi connectivity index (χ1) is 13.8. The zero-order valence-corrected chi connectivity index (χ0v) is 16.3. The zero-order chi connectivity index (χ0) is 21.4. The number of carbonyl (C=O) groups is 3. The molecule has 1 aliphatic carbocycles. The van der Waals surface area contributed by atoms with E-state index in [0.717, 1.165) is 19.3 Å². The molecule has 1 fully saturated rings. The highest BCUT2D eigenvalue weighted by molar-refractivity contribution is 5.86. The average Bonchev–Trinajstić information content (AvgIpc) is 2.71. The summed E-state index contributed by atoms with van der Waals surface area (Å²) in [5, 5.41) is 23.2. The Balaban J connectivity index is 2.28. The number of nitrogens with zero attached hydrogens (tertiary/aromatic N) is 1. The number of benzene rings is 1. The second-order valence-corrected chi connectivity index (χ2v) is 7.12. The molecule has 0 aliphatic heterocycles. The Kier molecular flexibility index (Phi) is 8.11. The van der Waals surface area contributed by atoms with Gasteiger partial charge in [-0.05, 0) is 25.3 Å². The smallest absolute Gasteiger partial charge is 0.326 e. The maximum absolute atomic E-state index is 12.6. The van der Waals surface area contributed by atoms with Crippen molar-refractivity contribution < 1.29 is 29.2 Å². The van der Waals surface area contributed by atoms with Crippen LogP contribution in [0.1, 0.15) is 56.9 Å². The van der Waals surface area contributed by atoms with E-state index in [1.807, 2.05) is 0 Å². The molecule has 2 atom stereocenters. The topological polar surface area (TPSA) is 136 Å². The number of hydrogen-bond donors (Lipinski definition) is 2. The van der Waals surface area contributed by atoms with Gasteiger partial charge in [0.25, 0.3) is 5.69 Å². The second kappa shape index (κ2) is 10.5. The number of nitro benzene ring substituents is 1. The minimum Gasteiger partial charge on any atom is -0.480 e. The monoisotopic (exact) mass is 406 g/mol. The fraction of sp³-hybridized carbons (Fsp3) is 0.550. The first-order valence-corrected chi connectivity index (χ1v) is 9.76. The van der Waals surface area contributed by atoms with Crippen molar-refractivity contribution in [2.24, 2.45) is 5.92 Å². The molecule has 2 rings (SSSR count). The lowest BCUT2D eigenvalue weighted by Gasteiger charge is -2.28. The molecule has 29 heavy (non-hydrogen) atoms. The van der Waals surface area contributed by atoms with Crippen LogP contribution in [0.3, 0.4) is 0 Å². The highest BCUT2D eigenvalue weighted by Crippen LogP contribution is 2.29. The Morgan fingerprint density at radius 2 is 1.83 bits per heavy atom. The SMILES string of the molecule is CCOC(=O)C[C@@H](c1ccc([N+](=O)[O-])cc1)[C@H](NC(=O)C1CCCCC1)C(=O)O. The second-order valence-electron chi connectivity index (χ2n) is 7.12. The maximum Gasteiger partial charge on any atom is 0.326 e. The Morgan fingerprint density at radius 1 is 1.21 bits per heavy atom. The summed E-state index contributed by atoms with van der Waals surface area (Å²) in [5.41, 5.74) is 0.252. The van der Waals surface area contributed by atoms with Gasteiger partial charge in [0.2, 0.25) is 5.91 Å². The van der Waals surface area contributed by atoms with Gasteiger partial charge >= 0.3 is 11.9 Å². The molecule has 1 saturated carbocycles. The van der Waals surface area contributed by atoms with E-state index in [2.05, 4.69) is 5.32 Å². The minimum absolute atomic E-state index is 0.137. The van der Waals surface area contributed by atoms with Gasteiger partial charge < -0.3 is 15.2 Å². The lowest BCUT2D eigenvalue weighted by atomic mass is 9.85. The fourth-order valence-electron chi connectivity index (χ4n) is 3.64. The Bertz CT molecular complexity index is 742. The molecule has 2 N–H and O–H groups in total. The molecule has 1 amide bonds. The number of hydrogen-bond acceptors (Lipinski definition) is 6. The van der Waals surface area contributed by atoms with Gasteiger partial charge in [-0.15, -0.1) is 0 Å². The number of carboxylic acid groups (broad SMARTS) is 1. The third-order valence-electron chi connectivity index (χ3n) is 5.17. The summed E-state index contributed by atoms with van der Waals surface area (Å²) in [5.74, 6) is -3.38. The number of aliphatic carboxylic acids is 1. The number of nitrogens with one attached hydrogen (secondary N) is 1. The van der Waals surface area contributed by atoms with Crippen LogP contribution < -0.4 is 5.32 Å². The summed E-state index contributed by atoms with van der Waals surface area (Å²) >= 11 is 0. The number of nitro groups is 1. The van der Waals surface area contributed by atoms with Crippen molar-refractivity contribution in [3.63, 3.8) is 0 Å². The normalized spacial score (nSPS) is 16.4. The molecule has 1 aromatic carbocycles. The van der Waals surface area contributed by atoms with E-state index in [1.54, 1.807) is 6.92 Å². The number of carbonyl (C=O) groups excluding carboxylic acids is 2. The molecule has 9 heteroatoms. The van der Waals surface area contributed by atoms with Crippen LogP contribution in [-0.4, -0.2) is 40.5 Å². The van der Waals surface area contributed by atoms with Gasteiger partial charge in [0, 0.05) is 24.0 Å². The van der Waals surface area contributed by atoms with Crippen molar-refractivity contribution in [2.45, 2.75) is 57.4 Å². The lowest BCUT2D eigenvalue weighted by molar-refractivity contribution is -0.384. The van der Waals surface area contributed by atoms with Crippen molar-refractivity contribution >= 4 is 23.5 Å². The quantitative estimate of drug-likeness (QED) is 0.365. The maximum atomic E-state index is 12.6. The molecule has 1 aliphatic rings. The standard InChI is InChI=1S/C20H26N2O7/c1-2-29-17(23)12-16(13-8-10-15(11-9-13)22(27)28)18(20(25)26)21-19(24)14-6-4-3-5-7-14/h8-11,14,16,18H,2-7,12H2,1H3,(H,21,24)(H,25,26)/t16-,18-/m0/s1. The zero-order valence-electron chi connectivity index (χ0n) is 16.3. The van der Waals surface area contributed by atoms with Gasteiger partial charge in [-0.25, -0.2) is 4.79 Å². The van der Waals surface area contributed by atoms with E-state index >= 15 is 0 Å². The van der Waals surface area contributed by atoms with Gasteiger partial charge in [-0.1, -0.05) is 31.4 Å². The van der Waals surface area contributed by atoms with Crippen LogP contribution in [0.4, 0.5) is 5.69 Å². The summed E-state index contributed by atoms with van der Waals surface area (Å²) in [6.45, 7) is 1.77. The predicted molar refractivity (Wildman–Crippen MR) is 103 cm³/mol. The molecule has 0 unspecified atom stereocenters. The van der Waals surface area contributed by atoms with E-state index < -0.39 is 28.8 Å². The number of rotatable bonds is 9. The largest absolute Gasteiger partial charge is 0.480 e. The van der Waals surface area contributed by atoms with Crippen LogP contribution in [-0.2, 0) is 19.1 Å². The van der Waals surface area contributed by atoms with Crippen molar-refractivity contribution in [2.75, 3.05) is 6.61 Å². The third kappa shape index (κ3) is 6.27. The molecular formula is C20H26N2O7. The first-order valence-electron chi connectivity index (χ1n) is 9.76. The van der Waals surface area contributed by atoms with Crippen molar-refractivity contribution in [1.82, 2.24) is 5.32 Å². The van der Waals surface area contributed by atoms with Crippen molar-refractivity contribution in [3.8, 4) is 0 Å².